The second-order valence-corrected chi connectivity index (χ2v) is 6.36. The van der Waals surface area contributed by atoms with Gasteiger partial charge < -0.3 is 4.18 Å². The van der Waals surface area contributed by atoms with Crippen LogP contribution in [0.5, 0.6) is 5.75 Å². The van der Waals surface area contributed by atoms with Crippen molar-refractivity contribution in [1.82, 2.24) is 0 Å². The molecule has 0 aliphatic rings. The van der Waals surface area contributed by atoms with Gasteiger partial charge in [0.2, 0.25) is 0 Å². The highest BCUT2D eigenvalue weighted by Crippen LogP contribution is 2.19. The smallest absolute Gasteiger partial charge is 0.313 e. The number of hydrogen-bond donors (Lipinski definition) is 0. The molecule has 0 aliphatic carbocycles. The van der Waals surface area contributed by atoms with Crippen LogP contribution < -0.4 is 4.18 Å². The molecule has 0 amide bonds. The van der Waals surface area contributed by atoms with Gasteiger partial charge in [0.25, 0.3) is 5.69 Å². The SMILES string of the molecule is CC(=O)c1cccc(OS(=O)(=O)Cc2ccc([N+](=O)[O-])cc2)c1. The molecule has 0 spiro atoms. The van der Waals surface area contributed by atoms with Crippen molar-refractivity contribution >= 4 is 21.6 Å². The fourth-order valence-electron chi connectivity index (χ4n) is 1.86. The number of nitro benzene ring substituents is 1. The lowest BCUT2D eigenvalue weighted by Crippen LogP contribution is -2.12. The molecule has 8 heteroatoms. The first-order valence-corrected chi connectivity index (χ1v) is 8.11. The first kappa shape index (κ1) is 16.6. The van der Waals surface area contributed by atoms with Crippen molar-refractivity contribution < 1.29 is 22.3 Å². The lowest BCUT2D eigenvalue weighted by molar-refractivity contribution is -0.384. The van der Waals surface area contributed by atoms with Crippen LogP contribution in [0.4, 0.5) is 5.69 Å². The second-order valence-electron chi connectivity index (χ2n) is 4.79. The summed E-state index contributed by atoms with van der Waals surface area (Å²) in [6, 6.07) is 11.0. The number of rotatable bonds is 6. The maximum atomic E-state index is 12.0. The van der Waals surface area contributed by atoms with Crippen molar-refractivity contribution in [3.63, 3.8) is 0 Å². The molecule has 0 radical (unpaired) electrons. The standard InChI is InChI=1S/C15H13NO6S/c1-11(17)13-3-2-4-15(9-13)22-23(20,21)10-12-5-7-14(8-6-12)16(18)19/h2-9H,10H2,1H3. The van der Waals surface area contributed by atoms with E-state index in [9.17, 15) is 23.3 Å². The number of Topliss-reactive ketones (excluding diaryl/α,β-unsaturated/α-hetero) is 1. The van der Waals surface area contributed by atoms with E-state index < -0.39 is 20.8 Å². The summed E-state index contributed by atoms with van der Waals surface area (Å²) in [5, 5.41) is 10.6. The van der Waals surface area contributed by atoms with Gasteiger partial charge in [0.1, 0.15) is 11.5 Å². The Morgan fingerprint density at radius 1 is 1.17 bits per heavy atom. The Bertz CT molecular complexity index is 843. The Morgan fingerprint density at radius 2 is 1.83 bits per heavy atom. The highest BCUT2D eigenvalue weighted by atomic mass is 32.2. The highest BCUT2D eigenvalue weighted by molar-refractivity contribution is 7.86. The van der Waals surface area contributed by atoms with Gasteiger partial charge in [-0.05, 0) is 24.6 Å². The maximum absolute atomic E-state index is 12.0. The lowest BCUT2D eigenvalue weighted by atomic mass is 10.1. The van der Waals surface area contributed by atoms with Gasteiger partial charge >= 0.3 is 10.1 Å². The molecule has 2 aromatic carbocycles. The summed E-state index contributed by atoms with van der Waals surface area (Å²) in [4.78, 5) is 21.3. The lowest BCUT2D eigenvalue weighted by Gasteiger charge is -2.08. The molecular weight excluding hydrogens is 322 g/mol. The third-order valence-electron chi connectivity index (χ3n) is 2.95. The van der Waals surface area contributed by atoms with E-state index in [1.165, 1.54) is 49.4 Å². The van der Waals surface area contributed by atoms with Gasteiger partial charge in [-0.1, -0.05) is 24.3 Å². The van der Waals surface area contributed by atoms with Crippen molar-refractivity contribution in [2.24, 2.45) is 0 Å². The molecule has 0 fully saturated rings. The van der Waals surface area contributed by atoms with Crippen molar-refractivity contribution in [3.05, 3.63) is 69.8 Å². The van der Waals surface area contributed by atoms with E-state index in [-0.39, 0.29) is 17.2 Å². The maximum Gasteiger partial charge on any atom is 0.313 e. The minimum Gasteiger partial charge on any atom is -0.382 e. The molecule has 2 aromatic rings. The Kier molecular flexibility index (Phi) is 4.75. The predicted molar refractivity (Wildman–Crippen MR) is 82.8 cm³/mol. The van der Waals surface area contributed by atoms with E-state index >= 15 is 0 Å². The zero-order valence-corrected chi connectivity index (χ0v) is 12.9. The van der Waals surface area contributed by atoms with Crippen molar-refractivity contribution in [1.29, 1.82) is 0 Å². The van der Waals surface area contributed by atoms with Crippen molar-refractivity contribution in [3.8, 4) is 5.75 Å². The molecule has 0 unspecified atom stereocenters. The van der Waals surface area contributed by atoms with Crippen LogP contribution in [0, 0.1) is 10.1 Å². The number of ketones is 1. The van der Waals surface area contributed by atoms with E-state index in [2.05, 4.69) is 0 Å². The fourth-order valence-corrected chi connectivity index (χ4v) is 2.92. The van der Waals surface area contributed by atoms with Crippen LogP contribution in [0.1, 0.15) is 22.8 Å². The summed E-state index contributed by atoms with van der Waals surface area (Å²) in [5.41, 5.74) is 0.576. The number of hydrogen-bond acceptors (Lipinski definition) is 6. The van der Waals surface area contributed by atoms with Crippen LogP contribution in [-0.4, -0.2) is 19.1 Å². The zero-order chi connectivity index (χ0) is 17.0. The minimum atomic E-state index is -3.94. The van der Waals surface area contributed by atoms with Gasteiger partial charge in [-0.2, -0.15) is 8.42 Å². The summed E-state index contributed by atoms with van der Waals surface area (Å²) in [5.74, 6) is -0.599. The quantitative estimate of drug-likeness (QED) is 0.348. The van der Waals surface area contributed by atoms with E-state index in [4.69, 9.17) is 4.18 Å². The molecule has 0 bridgehead atoms. The first-order valence-electron chi connectivity index (χ1n) is 6.53. The summed E-state index contributed by atoms with van der Waals surface area (Å²) in [6.07, 6.45) is 0. The van der Waals surface area contributed by atoms with Crippen LogP contribution in [0.2, 0.25) is 0 Å². The molecule has 2 rings (SSSR count). The van der Waals surface area contributed by atoms with Crippen molar-refractivity contribution in [2.45, 2.75) is 12.7 Å². The normalized spacial score (nSPS) is 11.0. The fraction of sp³-hybridized carbons (Fsp3) is 0.133. The summed E-state index contributed by atoms with van der Waals surface area (Å²) in [7, 11) is -3.94. The van der Waals surface area contributed by atoms with Gasteiger partial charge in [-0.25, -0.2) is 0 Å². The van der Waals surface area contributed by atoms with Crippen LogP contribution in [-0.2, 0) is 15.9 Å². The number of non-ortho nitro benzene ring substituents is 1. The number of carbonyl (C=O) groups is 1. The molecule has 0 aliphatic heterocycles. The Labute approximate surface area is 132 Å². The zero-order valence-electron chi connectivity index (χ0n) is 12.1. The molecule has 0 atom stereocenters. The minimum absolute atomic E-state index is 0.0413. The average molecular weight is 335 g/mol. The van der Waals surface area contributed by atoms with Crippen molar-refractivity contribution in [2.75, 3.05) is 0 Å². The molecule has 0 heterocycles. The van der Waals surface area contributed by atoms with Gasteiger partial charge in [0.15, 0.2) is 5.78 Å². The molecule has 0 N–H and O–H groups in total. The molecule has 0 aromatic heterocycles. The number of benzene rings is 2. The van der Waals surface area contributed by atoms with Gasteiger partial charge in [-0.15, -0.1) is 0 Å². The van der Waals surface area contributed by atoms with Crippen LogP contribution in [0.25, 0.3) is 0 Å². The van der Waals surface area contributed by atoms with Gasteiger partial charge in [-0.3, -0.25) is 14.9 Å². The molecule has 23 heavy (non-hydrogen) atoms. The Morgan fingerprint density at radius 3 is 2.39 bits per heavy atom. The van der Waals surface area contributed by atoms with E-state index in [0.717, 1.165) is 0 Å². The largest absolute Gasteiger partial charge is 0.382 e. The summed E-state index contributed by atoms with van der Waals surface area (Å²) in [6.45, 7) is 1.37. The van der Waals surface area contributed by atoms with Gasteiger partial charge in [0, 0.05) is 17.7 Å². The molecule has 0 saturated heterocycles. The molecule has 7 nitrogen and oxygen atoms in total. The number of nitrogens with zero attached hydrogens (tertiary/aromatic N) is 1. The van der Waals surface area contributed by atoms with Crippen LogP contribution in [0.3, 0.4) is 0 Å². The van der Waals surface area contributed by atoms with Gasteiger partial charge in [0.05, 0.1) is 4.92 Å². The monoisotopic (exact) mass is 335 g/mol. The highest BCUT2D eigenvalue weighted by Gasteiger charge is 2.16. The molecule has 0 saturated carbocycles. The average Bonchev–Trinajstić information content (AvgIpc) is 2.47. The third kappa shape index (κ3) is 4.62. The van der Waals surface area contributed by atoms with Crippen LogP contribution >= 0.6 is 0 Å². The number of carbonyl (C=O) groups excluding carboxylic acids is 1. The second kappa shape index (κ2) is 6.57. The first-order chi connectivity index (χ1) is 10.8. The van der Waals surface area contributed by atoms with E-state index in [0.29, 0.717) is 11.1 Å². The topological polar surface area (TPSA) is 104 Å². The Balaban J connectivity index is 2.14. The Hall–Kier alpha value is -2.74. The molecular formula is C15H13NO6S. The van der Waals surface area contributed by atoms with Crippen LogP contribution in [0.15, 0.2) is 48.5 Å². The van der Waals surface area contributed by atoms with E-state index in [1.54, 1.807) is 6.07 Å². The number of nitro groups is 1. The molecule has 120 valence electrons. The predicted octanol–water partition coefficient (Wildman–Crippen LogP) is 2.71. The van der Waals surface area contributed by atoms with E-state index in [1.807, 2.05) is 0 Å². The summed E-state index contributed by atoms with van der Waals surface area (Å²) >= 11 is 0. The third-order valence-corrected chi connectivity index (χ3v) is 4.09. The summed E-state index contributed by atoms with van der Waals surface area (Å²) < 4.78 is 29.0.